The van der Waals surface area contributed by atoms with Crippen LogP contribution in [0.15, 0.2) is 53.7 Å². The van der Waals surface area contributed by atoms with Gasteiger partial charge in [0, 0.05) is 12.1 Å². The number of nitrogens with zero attached hydrogens (tertiary/aromatic N) is 1. The normalized spacial score (nSPS) is 13.3. The molecule has 4 rings (SSSR count). The number of nitrogens with one attached hydrogen (secondary N) is 2. The van der Waals surface area contributed by atoms with Crippen molar-refractivity contribution in [2.24, 2.45) is 0 Å². The summed E-state index contributed by atoms with van der Waals surface area (Å²) in [5.41, 5.74) is 4.24. The lowest BCUT2D eigenvalue weighted by atomic mass is 10.1. The van der Waals surface area contributed by atoms with Gasteiger partial charge in [-0.3, -0.25) is 4.79 Å². The van der Waals surface area contributed by atoms with Gasteiger partial charge in [-0.2, -0.15) is 0 Å². The summed E-state index contributed by atoms with van der Waals surface area (Å²) < 4.78 is 10.7. The number of aromatic amines is 1. The minimum atomic E-state index is -0.121. The monoisotopic (exact) mass is 409 g/mol. The molecule has 1 amide bonds. The Morgan fingerprint density at radius 1 is 1.21 bits per heavy atom. The predicted molar refractivity (Wildman–Crippen MR) is 112 cm³/mol. The Hall–Kier alpha value is -2.93. The quantitative estimate of drug-likeness (QED) is 0.577. The van der Waals surface area contributed by atoms with Gasteiger partial charge in [0.2, 0.25) is 12.7 Å². The van der Waals surface area contributed by atoms with Gasteiger partial charge < -0.3 is 19.8 Å². The maximum atomic E-state index is 12.4. The molecule has 0 spiro atoms. The number of benzene rings is 2. The van der Waals surface area contributed by atoms with Gasteiger partial charge >= 0.3 is 0 Å². The first-order valence-electron chi connectivity index (χ1n) is 9.49. The summed E-state index contributed by atoms with van der Waals surface area (Å²) in [5, 5.41) is 3.78. The number of imidazole rings is 1. The Balaban J connectivity index is 1.31. The van der Waals surface area contributed by atoms with E-state index in [9.17, 15) is 4.79 Å². The number of amides is 1. The Labute approximate surface area is 174 Å². The summed E-state index contributed by atoms with van der Waals surface area (Å²) in [7, 11) is 0. The van der Waals surface area contributed by atoms with E-state index in [1.54, 1.807) is 0 Å². The number of rotatable bonds is 7. The van der Waals surface area contributed by atoms with E-state index in [0.29, 0.717) is 5.75 Å². The molecule has 1 aromatic heterocycles. The van der Waals surface area contributed by atoms with Gasteiger partial charge in [-0.25, -0.2) is 4.98 Å². The van der Waals surface area contributed by atoms with Crippen LogP contribution >= 0.6 is 11.8 Å². The van der Waals surface area contributed by atoms with Crippen LogP contribution in [0.1, 0.15) is 35.5 Å². The molecule has 0 unspecified atom stereocenters. The number of fused-ring (bicyclic) bond motifs is 1. The van der Waals surface area contributed by atoms with E-state index >= 15 is 0 Å². The molecular formula is C22H23N3O3S. The summed E-state index contributed by atoms with van der Waals surface area (Å²) in [6.45, 7) is 4.21. The number of carbonyl (C=O) groups excluding carboxylic acids is 1. The number of carbonyl (C=O) groups is 1. The molecule has 6 nitrogen and oxygen atoms in total. The molecule has 2 heterocycles. The smallest absolute Gasteiger partial charge is 0.231 e. The third-order valence-corrected chi connectivity index (χ3v) is 5.67. The highest BCUT2D eigenvalue weighted by Gasteiger charge is 2.17. The lowest BCUT2D eigenvalue weighted by molar-refractivity contribution is -0.119. The molecule has 7 heteroatoms. The molecule has 0 aliphatic carbocycles. The summed E-state index contributed by atoms with van der Waals surface area (Å²) in [4.78, 5) is 20.3. The van der Waals surface area contributed by atoms with Crippen molar-refractivity contribution >= 4 is 17.7 Å². The van der Waals surface area contributed by atoms with E-state index in [4.69, 9.17) is 9.47 Å². The molecule has 0 radical (unpaired) electrons. The molecule has 0 saturated heterocycles. The molecule has 3 aromatic rings. The molecule has 1 aliphatic rings. The average Bonchev–Trinajstić information content (AvgIpc) is 3.33. The zero-order valence-corrected chi connectivity index (χ0v) is 17.2. The fraction of sp³-hybridized carbons (Fsp3) is 0.273. The largest absolute Gasteiger partial charge is 0.454 e. The van der Waals surface area contributed by atoms with Gasteiger partial charge in [-0.1, -0.05) is 48.2 Å². The van der Waals surface area contributed by atoms with Crippen LogP contribution < -0.4 is 14.8 Å². The first kappa shape index (κ1) is 19.4. The van der Waals surface area contributed by atoms with E-state index in [0.717, 1.165) is 40.0 Å². The van der Waals surface area contributed by atoms with E-state index < -0.39 is 0 Å². The van der Waals surface area contributed by atoms with Crippen molar-refractivity contribution < 1.29 is 14.3 Å². The maximum Gasteiger partial charge on any atom is 0.231 e. The SMILES string of the molecule is Cc1[nH]c(SCC(=O)N[C@@H](C)c2ccc3c(c2)OCO3)nc1Cc1ccccc1. The van der Waals surface area contributed by atoms with Crippen LogP contribution in [-0.2, 0) is 11.2 Å². The van der Waals surface area contributed by atoms with E-state index in [-0.39, 0.29) is 18.7 Å². The van der Waals surface area contributed by atoms with Crippen LogP contribution in [0, 0.1) is 6.92 Å². The number of aryl methyl sites for hydroxylation is 1. The van der Waals surface area contributed by atoms with Crippen LogP contribution in [0.4, 0.5) is 0 Å². The number of hydrogen-bond acceptors (Lipinski definition) is 5. The molecule has 150 valence electrons. The number of hydrogen-bond donors (Lipinski definition) is 2. The molecule has 2 aromatic carbocycles. The summed E-state index contributed by atoms with van der Waals surface area (Å²) in [6.07, 6.45) is 0.775. The van der Waals surface area contributed by atoms with Gasteiger partial charge in [-0.05, 0) is 37.1 Å². The van der Waals surface area contributed by atoms with Crippen molar-refractivity contribution in [1.82, 2.24) is 15.3 Å². The second-order valence-electron chi connectivity index (χ2n) is 6.97. The summed E-state index contributed by atoms with van der Waals surface area (Å²) in [5.74, 6) is 1.71. The zero-order valence-electron chi connectivity index (χ0n) is 16.4. The highest BCUT2D eigenvalue weighted by Crippen LogP contribution is 2.34. The van der Waals surface area contributed by atoms with Crippen molar-refractivity contribution in [1.29, 1.82) is 0 Å². The molecule has 29 heavy (non-hydrogen) atoms. The molecule has 1 aliphatic heterocycles. The average molecular weight is 410 g/mol. The Morgan fingerprint density at radius 3 is 2.83 bits per heavy atom. The van der Waals surface area contributed by atoms with Gasteiger partial charge in [0.05, 0.1) is 17.5 Å². The topological polar surface area (TPSA) is 76.2 Å². The molecular weight excluding hydrogens is 386 g/mol. The lowest BCUT2D eigenvalue weighted by Gasteiger charge is -2.14. The fourth-order valence-electron chi connectivity index (χ4n) is 3.18. The van der Waals surface area contributed by atoms with Crippen LogP contribution in [0.5, 0.6) is 11.5 Å². The van der Waals surface area contributed by atoms with Gasteiger partial charge in [0.15, 0.2) is 16.7 Å². The third kappa shape index (κ3) is 4.74. The van der Waals surface area contributed by atoms with Crippen LogP contribution in [0.25, 0.3) is 0 Å². The minimum absolute atomic E-state index is 0.0428. The van der Waals surface area contributed by atoms with Crippen molar-refractivity contribution in [3.05, 3.63) is 71.0 Å². The third-order valence-electron chi connectivity index (χ3n) is 4.79. The van der Waals surface area contributed by atoms with Gasteiger partial charge in [-0.15, -0.1) is 0 Å². The number of aromatic nitrogens is 2. The summed E-state index contributed by atoms with van der Waals surface area (Å²) in [6, 6.07) is 15.8. The second kappa shape index (κ2) is 8.61. The second-order valence-corrected chi connectivity index (χ2v) is 7.93. The first-order valence-corrected chi connectivity index (χ1v) is 10.5. The van der Waals surface area contributed by atoms with Crippen LogP contribution in [0.3, 0.4) is 0 Å². The molecule has 0 bridgehead atoms. The molecule has 0 saturated carbocycles. The van der Waals surface area contributed by atoms with Crippen LogP contribution in [0.2, 0.25) is 0 Å². The van der Waals surface area contributed by atoms with Gasteiger partial charge in [0.1, 0.15) is 0 Å². The molecule has 0 fully saturated rings. The van der Waals surface area contributed by atoms with Crippen molar-refractivity contribution in [2.45, 2.75) is 31.5 Å². The minimum Gasteiger partial charge on any atom is -0.454 e. The highest BCUT2D eigenvalue weighted by atomic mass is 32.2. The Bertz CT molecular complexity index is 1000. The Kier molecular flexibility index (Phi) is 5.76. The number of thioether (sulfide) groups is 1. The first-order chi connectivity index (χ1) is 14.1. The number of H-pyrrole nitrogens is 1. The number of ether oxygens (including phenoxy) is 2. The van der Waals surface area contributed by atoms with Gasteiger partial charge in [0.25, 0.3) is 0 Å². The lowest BCUT2D eigenvalue weighted by Crippen LogP contribution is -2.28. The molecule has 1 atom stereocenters. The fourth-order valence-corrected chi connectivity index (χ4v) is 3.93. The van der Waals surface area contributed by atoms with Crippen molar-refractivity contribution in [3.8, 4) is 11.5 Å². The van der Waals surface area contributed by atoms with Crippen molar-refractivity contribution in [2.75, 3.05) is 12.5 Å². The zero-order chi connectivity index (χ0) is 20.2. The maximum absolute atomic E-state index is 12.4. The van der Waals surface area contributed by atoms with E-state index in [2.05, 4.69) is 27.4 Å². The van der Waals surface area contributed by atoms with Crippen molar-refractivity contribution in [3.63, 3.8) is 0 Å². The van der Waals surface area contributed by atoms with E-state index in [1.165, 1.54) is 17.3 Å². The highest BCUT2D eigenvalue weighted by molar-refractivity contribution is 7.99. The summed E-state index contributed by atoms with van der Waals surface area (Å²) >= 11 is 1.41. The standard InChI is InChI=1S/C22H23N3O3S/c1-14(17-8-9-19-20(11-17)28-13-27-19)23-21(26)12-29-22-24-15(2)18(25-22)10-16-6-4-3-5-7-16/h3-9,11,14H,10,12-13H2,1-2H3,(H,23,26)(H,24,25)/t14-/m0/s1. The van der Waals surface area contributed by atoms with E-state index in [1.807, 2.05) is 50.2 Å². The predicted octanol–water partition coefficient (Wildman–Crippen LogP) is 4.01. The molecule has 2 N–H and O–H groups in total. The van der Waals surface area contributed by atoms with Crippen LogP contribution in [-0.4, -0.2) is 28.4 Å². The Morgan fingerprint density at radius 2 is 2.00 bits per heavy atom.